The van der Waals surface area contributed by atoms with Crippen LogP contribution in [0.25, 0.3) is 127 Å². The molecule has 9 aromatic carbocycles. The molecule has 0 saturated carbocycles. The van der Waals surface area contributed by atoms with Gasteiger partial charge in [-0.2, -0.15) is 0 Å². The van der Waals surface area contributed by atoms with Crippen LogP contribution in [-0.2, 0) is 0 Å². The molecule has 0 bridgehead atoms. The molecule has 5 nitrogen and oxygen atoms in total. The fourth-order valence-corrected chi connectivity index (χ4v) is 9.76. The van der Waals surface area contributed by atoms with Crippen molar-refractivity contribution in [2.75, 3.05) is 0 Å². The Morgan fingerprint density at radius 3 is 1.92 bits per heavy atom. The third kappa shape index (κ3) is 5.42. The predicted molar refractivity (Wildman–Crippen MR) is 257 cm³/mol. The number of fused-ring (bicyclic) bond motifs is 10. The van der Waals surface area contributed by atoms with Gasteiger partial charge in [0.1, 0.15) is 11.2 Å². The highest BCUT2D eigenvalue weighted by Crippen LogP contribution is 2.40. The summed E-state index contributed by atoms with van der Waals surface area (Å²) in [6, 6.07) is 68.9. The Bertz CT molecular complexity index is 3900. The standard InChI is InChI=1S/C56H33ClN4O/c57-56-59-48-16-4-1-13-45(48)54(60-56)34-21-19-33(20-22-34)37-23-26-43-47-30-36(24-28-52(47)62-53(43)31-37)35-9-7-10-38(29-35)40-14-8-15-44-46-32-39(25-27-49(46)58-55(40)44)61-50-17-5-2-11-41(50)42-12-3-6-18-51(42)61/h1-32,58H. The first-order valence-electron chi connectivity index (χ1n) is 20.7. The first kappa shape index (κ1) is 34.8. The fourth-order valence-electron chi connectivity index (χ4n) is 9.58. The first-order valence-corrected chi connectivity index (χ1v) is 21.1. The second-order valence-corrected chi connectivity index (χ2v) is 16.3. The maximum absolute atomic E-state index is 6.47. The summed E-state index contributed by atoms with van der Waals surface area (Å²) in [6.07, 6.45) is 0. The van der Waals surface area contributed by atoms with Gasteiger partial charge in [0.25, 0.3) is 0 Å². The lowest BCUT2D eigenvalue weighted by atomic mass is 9.96. The Morgan fingerprint density at radius 2 is 1.08 bits per heavy atom. The number of halogens is 1. The molecule has 0 aliphatic rings. The number of hydrogen-bond donors (Lipinski definition) is 1. The van der Waals surface area contributed by atoms with E-state index in [-0.39, 0.29) is 5.28 Å². The van der Waals surface area contributed by atoms with Crippen LogP contribution in [0.3, 0.4) is 0 Å². The van der Waals surface area contributed by atoms with E-state index in [1.54, 1.807) is 0 Å². The minimum Gasteiger partial charge on any atom is -0.456 e. The number of H-pyrrole nitrogens is 1. The van der Waals surface area contributed by atoms with E-state index in [9.17, 15) is 0 Å². The molecule has 62 heavy (non-hydrogen) atoms. The van der Waals surface area contributed by atoms with Gasteiger partial charge in [-0.15, -0.1) is 0 Å². The number of furan rings is 1. The molecular weight excluding hydrogens is 780 g/mol. The van der Waals surface area contributed by atoms with Gasteiger partial charge in [0.15, 0.2) is 0 Å². The summed E-state index contributed by atoms with van der Waals surface area (Å²) in [7, 11) is 0. The van der Waals surface area contributed by atoms with Crippen molar-refractivity contribution in [1.29, 1.82) is 0 Å². The molecule has 1 N–H and O–H groups in total. The summed E-state index contributed by atoms with van der Waals surface area (Å²) in [5, 5.41) is 8.32. The van der Waals surface area contributed by atoms with Gasteiger partial charge in [-0.05, 0) is 106 Å². The molecule has 13 aromatic rings. The van der Waals surface area contributed by atoms with Gasteiger partial charge in [0.05, 0.1) is 27.8 Å². The number of benzene rings is 9. The highest BCUT2D eigenvalue weighted by Gasteiger charge is 2.17. The van der Waals surface area contributed by atoms with E-state index in [2.05, 4.69) is 189 Å². The van der Waals surface area contributed by atoms with E-state index < -0.39 is 0 Å². The van der Waals surface area contributed by atoms with Crippen molar-refractivity contribution in [3.05, 3.63) is 199 Å². The maximum atomic E-state index is 6.47. The topological polar surface area (TPSA) is 59.6 Å². The molecule has 290 valence electrons. The van der Waals surface area contributed by atoms with Gasteiger partial charge in [-0.1, -0.05) is 127 Å². The van der Waals surface area contributed by atoms with Gasteiger partial charge in [0.2, 0.25) is 5.28 Å². The maximum Gasteiger partial charge on any atom is 0.223 e. The molecule has 13 rings (SSSR count). The Labute approximate surface area is 360 Å². The second-order valence-electron chi connectivity index (χ2n) is 16.0. The summed E-state index contributed by atoms with van der Waals surface area (Å²) in [5.41, 5.74) is 16.9. The molecule has 0 unspecified atom stereocenters. The van der Waals surface area contributed by atoms with E-state index >= 15 is 0 Å². The van der Waals surface area contributed by atoms with Gasteiger partial charge < -0.3 is 14.0 Å². The van der Waals surface area contributed by atoms with Crippen LogP contribution >= 0.6 is 11.6 Å². The monoisotopic (exact) mass is 812 g/mol. The Morgan fingerprint density at radius 1 is 0.419 bits per heavy atom. The second kappa shape index (κ2) is 13.5. The quantitative estimate of drug-likeness (QED) is 0.176. The van der Waals surface area contributed by atoms with Crippen molar-refractivity contribution in [2.24, 2.45) is 0 Å². The van der Waals surface area contributed by atoms with E-state index in [0.717, 1.165) is 88.6 Å². The molecule has 0 atom stereocenters. The highest BCUT2D eigenvalue weighted by atomic mass is 35.5. The van der Waals surface area contributed by atoms with Crippen molar-refractivity contribution >= 4 is 88.1 Å². The lowest BCUT2D eigenvalue weighted by Gasteiger charge is -2.08. The van der Waals surface area contributed by atoms with Crippen molar-refractivity contribution < 1.29 is 4.42 Å². The smallest absolute Gasteiger partial charge is 0.223 e. The molecule has 0 spiro atoms. The SMILES string of the molecule is Clc1nc(-c2ccc(-c3ccc4c(c3)oc3ccc(-c5cccc(-c6cccc7c6[nH]c6ccc(-n8c9ccccc9c9ccccc98)cc67)c5)cc34)cc2)c2ccccc2n1. The Balaban J connectivity index is 0.838. The fraction of sp³-hybridized carbons (Fsp3) is 0. The molecule has 4 aromatic heterocycles. The number of hydrogen-bond acceptors (Lipinski definition) is 3. The molecule has 0 saturated heterocycles. The molecule has 0 aliphatic carbocycles. The molecule has 0 radical (unpaired) electrons. The Kier molecular flexibility index (Phi) is 7.59. The van der Waals surface area contributed by atoms with Crippen LogP contribution in [0.4, 0.5) is 0 Å². The van der Waals surface area contributed by atoms with E-state index in [1.165, 1.54) is 38.1 Å². The zero-order valence-corrected chi connectivity index (χ0v) is 33.9. The van der Waals surface area contributed by atoms with Crippen LogP contribution in [0.15, 0.2) is 199 Å². The first-order chi connectivity index (χ1) is 30.6. The van der Waals surface area contributed by atoms with Gasteiger partial charge in [-0.25, -0.2) is 9.97 Å². The number of nitrogens with zero attached hydrogens (tertiary/aromatic N) is 3. The van der Waals surface area contributed by atoms with Crippen LogP contribution in [0.5, 0.6) is 0 Å². The molecule has 6 heteroatoms. The van der Waals surface area contributed by atoms with Crippen LogP contribution in [0.1, 0.15) is 0 Å². The predicted octanol–water partition coefficient (Wildman–Crippen LogP) is 15.6. The zero-order chi connectivity index (χ0) is 40.9. The summed E-state index contributed by atoms with van der Waals surface area (Å²) < 4.78 is 8.85. The minimum absolute atomic E-state index is 0.239. The van der Waals surface area contributed by atoms with Crippen molar-refractivity contribution in [3.63, 3.8) is 0 Å². The number of rotatable bonds is 5. The number of para-hydroxylation sites is 4. The third-order valence-electron chi connectivity index (χ3n) is 12.5. The molecule has 0 fully saturated rings. The molecule has 4 heterocycles. The molecular formula is C56H33ClN4O. The van der Waals surface area contributed by atoms with Crippen molar-refractivity contribution in [3.8, 4) is 50.3 Å². The minimum atomic E-state index is 0.239. The van der Waals surface area contributed by atoms with Gasteiger partial charge in [0, 0.05) is 60.0 Å². The molecule has 0 amide bonds. The van der Waals surface area contributed by atoms with Crippen LogP contribution in [-0.4, -0.2) is 19.5 Å². The van der Waals surface area contributed by atoms with Gasteiger partial charge >= 0.3 is 0 Å². The average Bonchev–Trinajstić information content (AvgIpc) is 4.00. The van der Waals surface area contributed by atoms with Crippen LogP contribution in [0, 0.1) is 0 Å². The van der Waals surface area contributed by atoms with Crippen molar-refractivity contribution in [1.82, 2.24) is 19.5 Å². The van der Waals surface area contributed by atoms with E-state index in [1.807, 2.05) is 24.3 Å². The van der Waals surface area contributed by atoms with Gasteiger partial charge in [-0.3, -0.25) is 0 Å². The number of aromatic nitrogens is 4. The Hall–Kier alpha value is -7.99. The van der Waals surface area contributed by atoms with E-state index in [4.69, 9.17) is 16.0 Å². The zero-order valence-electron chi connectivity index (χ0n) is 33.1. The number of nitrogens with one attached hydrogen (secondary N) is 1. The van der Waals surface area contributed by atoms with Crippen LogP contribution in [0.2, 0.25) is 5.28 Å². The highest BCUT2D eigenvalue weighted by molar-refractivity contribution is 6.29. The lowest BCUT2D eigenvalue weighted by molar-refractivity contribution is 0.669. The lowest BCUT2D eigenvalue weighted by Crippen LogP contribution is -1.93. The summed E-state index contributed by atoms with van der Waals surface area (Å²) in [4.78, 5) is 12.8. The van der Waals surface area contributed by atoms with E-state index in [0.29, 0.717) is 0 Å². The average molecular weight is 813 g/mol. The largest absolute Gasteiger partial charge is 0.456 e. The number of aromatic amines is 1. The summed E-state index contributed by atoms with van der Waals surface area (Å²) in [6.45, 7) is 0. The summed E-state index contributed by atoms with van der Waals surface area (Å²) >= 11 is 6.30. The van der Waals surface area contributed by atoms with Crippen LogP contribution < -0.4 is 0 Å². The third-order valence-corrected chi connectivity index (χ3v) is 12.7. The molecule has 0 aliphatic heterocycles. The normalized spacial score (nSPS) is 12.0. The van der Waals surface area contributed by atoms with Crippen molar-refractivity contribution in [2.45, 2.75) is 0 Å². The summed E-state index contributed by atoms with van der Waals surface area (Å²) in [5.74, 6) is 0.